The Morgan fingerprint density at radius 3 is 2.58 bits per heavy atom. The highest BCUT2D eigenvalue weighted by atomic mass is 32.2. The van der Waals surface area contributed by atoms with Gasteiger partial charge in [-0.1, -0.05) is 38.1 Å². The molecule has 4 N–H and O–H groups in total. The van der Waals surface area contributed by atoms with Gasteiger partial charge in [0.2, 0.25) is 5.91 Å². The van der Waals surface area contributed by atoms with Crippen LogP contribution in [-0.2, 0) is 36.8 Å². The van der Waals surface area contributed by atoms with Crippen LogP contribution >= 0.6 is 11.3 Å². The first-order chi connectivity index (χ1) is 37.7. The monoisotopic (exact) mass is 1120 g/mol. The van der Waals surface area contributed by atoms with Crippen molar-refractivity contribution in [3.05, 3.63) is 133 Å². The van der Waals surface area contributed by atoms with Crippen molar-refractivity contribution in [1.29, 1.82) is 0 Å². The van der Waals surface area contributed by atoms with Crippen molar-refractivity contribution in [3.63, 3.8) is 0 Å². The minimum atomic E-state index is -3.83. The number of carbonyl (C=O) groups is 3. The number of anilines is 1. The van der Waals surface area contributed by atoms with E-state index in [2.05, 4.69) is 36.0 Å². The van der Waals surface area contributed by atoms with Gasteiger partial charge in [0.1, 0.15) is 24.2 Å². The zero-order chi connectivity index (χ0) is 55.8. The van der Waals surface area contributed by atoms with Crippen LogP contribution in [0.25, 0.3) is 21.7 Å². The Balaban J connectivity index is 0.772. The number of carbonyl (C=O) groups excluding carboxylic acids is 3. The summed E-state index contributed by atoms with van der Waals surface area (Å²) in [6, 6.07) is 9.80. The van der Waals surface area contributed by atoms with Crippen molar-refractivity contribution >= 4 is 61.8 Å². The summed E-state index contributed by atoms with van der Waals surface area (Å²) in [4.78, 5) is 76.7. The molecule has 24 heteroatoms. The first-order valence-electron chi connectivity index (χ1n) is 26.1. The topological polar surface area (TPSA) is 247 Å². The molecular formula is C55H59F2N11O9S2. The van der Waals surface area contributed by atoms with Crippen LogP contribution in [0.2, 0.25) is 0 Å². The number of aromatic nitrogens is 4. The number of nitrogens with one attached hydrogen (secondary N) is 3. The second-order valence-corrected chi connectivity index (χ2v) is 24.5. The minimum Gasteiger partial charge on any atom is -0.474 e. The van der Waals surface area contributed by atoms with E-state index in [-0.39, 0.29) is 77.0 Å². The van der Waals surface area contributed by atoms with Gasteiger partial charge in [-0.2, -0.15) is 0 Å². The number of hydrogen-bond acceptors (Lipinski definition) is 17. The van der Waals surface area contributed by atoms with Crippen LogP contribution in [0.15, 0.2) is 97.6 Å². The Bertz CT molecular complexity index is 3630. The molecule has 20 nitrogen and oxygen atoms in total. The molecule has 79 heavy (non-hydrogen) atoms. The Morgan fingerprint density at radius 2 is 1.86 bits per heavy atom. The lowest BCUT2D eigenvalue weighted by atomic mass is 9.89. The van der Waals surface area contributed by atoms with Gasteiger partial charge in [0.25, 0.3) is 23.3 Å². The maximum atomic E-state index is 15.5. The van der Waals surface area contributed by atoms with E-state index in [1.807, 2.05) is 45.0 Å². The Kier molecular flexibility index (Phi) is 14.0. The lowest BCUT2D eigenvalue weighted by molar-refractivity contribution is -0.134. The molecule has 5 aromatic rings. The number of aliphatic imine (C=N–C) groups is 1. The number of aryl methyl sites for hydroxylation is 2. The van der Waals surface area contributed by atoms with Crippen LogP contribution in [0.5, 0.6) is 5.88 Å². The van der Waals surface area contributed by atoms with Gasteiger partial charge < -0.3 is 44.7 Å². The van der Waals surface area contributed by atoms with Crippen LogP contribution in [0, 0.1) is 24.5 Å². The molecule has 0 radical (unpaired) electrons. The van der Waals surface area contributed by atoms with E-state index in [0.717, 1.165) is 34.7 Å². The molecule has 9 heterocycles. The van der Waals surface area contributed by atoms with Crippen LogP contribution in [-0.4, -0.2) is 142 Å². The van der Waals surface area contributed by atoms with Crippen LogP contribution in [0.1, 0.15) is 74.1 Å². The van der Waals surface area contributed by atoms with Gasteiger partial charge in [-0.15, -0.1) is 11.3 Å². The van der Waals surface area contributed by atoms with Gasteiger partial charge in [-0.3, -0.25) is 24.1 Å². The van der Waals surface area contributed by atoms with E-state index in [9.17, 15) is 37.1 Å². The Hall–Kier alpha value is -7.41. The first kappa shape index (κ1) is 53.6. The standard InChI is InChI=1S/C55H59F2N11O9S2/c1-28(2)43(53(72)68-24-34(69)20-40(68)49-62-54(73)55(4,63-49)31-9-7-30(8-10-31)48-29(3)60-27-78-48)41-21-42(64-77-41)76-18-17-66-16-12-33(23-66)61-51(70)44-36-25-67(50-38(57)19-32(56)22-59-50)39-11-14-58-47(45(36)39)46-35(13-15-65(5)52(46)71)37(44)26-79(6,74)75/h7-10,13,15,19,21-22,25,27-28,33-34,39-40,43,58,69H,11-12,14,16-18,20,23-24,26H2,1-6H3,(H,61,70)(H,62,63,73)/t33-,34+,39?,40-,43+,55+/m0/s1. The van der Waals surface area contributed by atoms with Crippen LogP contribution in [0.4, 0.5) is 14.6 Å². The van der Waals surface area contributed by atoms with Gasteiger partial charge in [0, 0.05) is 94.2 Å². The summed E-state index contributed by atoms with van der Waals surface area (Å²) in [5, 5.41) is 24.5. The second kappa shape index (κ2) is 20.7. The van der Waals surface area contributed by atoms with Crippen molar-refractivity contribution in [2.45, 2.75) is 82.6 Å². The highest BCUT2D eigenvalue weighted by Gasteiger charge is 2.49. The molecule has 4 aromatic heterocycles. The average molecular weight is 1120 g/mol. The molecule has 2 saturated heterocycles. The number of likely N-dealkylation sites (tertiary alicyclic amines) is 2. The number of pyridine rings is 2. The fraction of sp³-hybridized carbons (Fsp3) is 0.418. The van der Waals surface area contributed by atoms with Crippen LogP contribution < -0.4 is 31.1 Å². The maximum absolute atomic E-state index is 15.5. The number of thiazole rings is 1. The third-order valence-electron chi connectivity index (χ3n) is 15.7. The molecule has 0 saturated carbocycles. The summed E-state index contributed by atoms with van der Waals surface area (Å²) in [6.07, 6.45) is 5.24. The van der Waals surface area contributed by atoms with Gasteiger partial charge >= 0.3 is 0 Å². The molecule has 2 fully saturated rings. The number of β-amino-alcohol motifs (C(OH)–C–C–N with tert-alkyl or cyclic N) is 1. The third kappa shape index (κ3) is 9.96. The number of rotatable bonds is 15. The minimum absolute atomic E-state index is 0.0178. The average Bonchev–Trinajstić information content (AvgIpc) is 4.42. The normalized spacial score (nSPS) is 23.3. The first-order valence-corrected chi connectivity index (χ1v) is 29.1. The summed E-state index contributed by atoms with van der Waals surface area (Å²) in [6.45, 7) is 9.34. The van der Waals surface area contributed by atoms with Crippen molar-refractivity contribution in [2.24, 2.45) is 18.0 Å². The fourth-order valence-corrected chi connectivity index (χ4v) is 13.4. The molecule has 1 aliphatic carbocycles. The lowest BCUT2D eigenvalue weighted by Gasteiger charge is -2.32. The maximum Gasteiger partial charge on any atom is 0.260 e. The van der Waals surface area contributed by atoms with E-state index in [1.54, 1.807) is 42.7 Å². The van der Waals surface area contributed by atoms with Gasteiger partial charge in [0.05, 0.1) is 63.1 Å². The predicted octanol–water partition coefficient (Wildman–Crippen LogP) is 4.18. The zero-order valence-electron chi connectivity index (χ0n) is 44.2. The molecule has 414 valence electrons. The molecule has 6 atom stereocenters. The Labute approximate surface area is 457 Å². The van der Waals surface area contributed by atoms with E-state index in [0.29, 0.717) is 67.3 Å². The smallest absolute Gasteiger partial charge is 0.260 e. The number of amides is 3. The number of aliphatic hydroxyl groups excluding tert-OH is 1. The molecule has 1 aromatic carbocycles. The molecule has 1 unspecified atom stereocenters. The largest absolute Gasteiger partial charge is 0.474 e. The number of amidine groups is 1. The predicted molar refractivity (Wildman–Crippen MR) is 290 cm³/mol. The van der Waals surface area contributed by atoms with Gasteiger partial charge in [0.15, 0.2) is 32.8 Å². The van der Waals surface area contributed by atoms with Crippen molar-refractivity contribution < 1.29 is 45.9 Å². The number of nitrogens with zero attached hydrogens (tertiary/aromatic N) is 8. The molecule has 11 rings (SSSR count). The molecule has 5 aliphatic heterocycles. The summed E-state index contributed by atoms with van der Waals surface area (Å²) < 4.78 is 69.4. The number of fused-ring (bicyclic) bond motifs is 2. The van der Waals surface area contributed by atoms with Crippen molar-refractivity contribution in [3.8, 4) is 16.3 Å². The summed E-state index contributed by atoms with van der Waals surface area (Å²) >= 11 is 1.54. The fourth-order valence-electron chi connectivity index (χ4n) is 11.8. The third-order valence-corrected chi connectivity index (χ3v) is 17.5. The van der Waals surface area contributed by atoms with Gasteiger partial charge in [-0.05, 0) is 66.1 Å². The summed E-state index contributed by atoms with van der Waals surface area (Å²) in [7, 11) is -2.26. The molecular weight excluding hydrogens is 1060 g/mol. The van der Waals surface area contributed by atoms with E-state index in [4.69, 9.17) is 14.3 Å². The number of sulfone groups is 1. The molecule has 3 amide bonds. The number of benzene rings is 1. The Morgan fingerprint density at radius 1 is 1.08 bits per heavy atom. The van der Waals surface area contributed by atoms with Crippen LogP contribution in [0.3, 0.4) is 0 Å². The second-order valence-electron chi connectivity index (χ2n) is 21.5. The molecule has 6 aliphatic rings. The highest BCUT2D eigenvalue weighted by Crippen LogP contribution is 2.48. The van der Waals surface area contributed by atoms with E-state index < -0.39 is 74.4 Å². The number of halogens is 2. The quantitative estimate of drug-likeness (QED) is 0.115. The van der Waals surface area contributed by atoms with Gasteiger partial charge in [-0.25, -0.2) is 32.2 Å². The number of ether oxygens (including phenoxy) is 1. The number of hydrogen-bond donors (Lipinski definition) is 4. The highest BCUT2D eigenvalue weighted by molar-refractivity contribution is 7.91. The van der Waals surface area contributed by atoms with E-state index in [1.165, 1.54) is 27.0 Å². The molecule has 0 bridgehead atoms. The molecule has 0 spiro atoms. The number of aliphatic hydroxyl groups is 1. The van der Waals surface area contributed by atoms with E-state index >= 15 is 4.39 Å². The van der Waals surface area contributed by atoms with Crippen molar-refractivity contribution in [1.82, 2.24) is 45.4 Å². The summed E-state index contributed by atoms with van der Waals surface area (Å²) in [5.41, 5.74) is 4.44. The summed E-state index contributed by atoms with van der Waals surface area (Å²) in [5.74, 6) is -4.22. The zero-order valence-corrected chi connectivity index (χ0v) is 45.9. The SMILES string of the molecule is Cc1ncsc1-c1ccc([C@@]2(C)N=C([C@@H]3C[C@@H](O)CN3C(=O)[C@@H](c3cc(OCCN4CC[C@H](NC(=O)C5=C(CS(C)(=O)=O)c6ccn(C)c(=O)c6C6=C7C5=CN(c5ncc(F)cc5F)C7CCN6)C4)no3)C(C)C)NC2=O)cc1. The lowest BCUT2D eigenvalue weighted by Crippen LogP contribution is -2.48. The van der Waals surface area contributed by atoms with Crippen molar-refractivity contribution in [2.75, 3.05) is 56.2 Å².